The van der Waals surface area contributed by atoms with Gasteiger partial charge >= 0.3 is 5.97 Å². The van der Waals surface area contributed by atoms with Gasteiger partial charge in [0.2, 0.25) is 11.9 Å². The summed E-state index contributed by atoms with van der Waals surface area (Å²) in [6, 6.07) is 19.0. The number of thiophene rings is 1. The van der Waals surface area contributed by atoms with Crippen molar-refractivity contribution in [2.45, 2.75) is 6.61 Å². The minimum absolute atomic E-state index is 0.0522. The van der Waals surface area contributed by atoms with Crippen molar-refractivity contribution < 1.29 is 9.53 Å². The molecule has 0 amide bonds. The van der Waals surface area contributed by atoms with Gasteiger partial charge in [0, 0.05) is 10.4 Å². The van der Waals surface area contributed by atoms with Gasteiger partial charge in [-0.2, -0.15) is 15.0 Å². The smallest absolute Gasteiger partial charge is 0.348 e. The Morgan fingerprint density at radius 1 is 1.04 bits per heavy atom. The lowest BCUT2D eigenvalue weighted by Crippen LogP contribution is -2.10. The number of ether oxygens (including phenoxy) is 1. The van der Waals surface area contributed by atoms with E-state index in [0.29, 0.717) is 10.8 Å². The highest BCUT2D eigenvalue weighted by Crippen LogP contribution is 2.26. The number of aromatic nitrogens is 3. The van der Waals surface area contributed by atoms with Crippen LogP contribution >= 0.6 is 11.3 Å². The van der Waals surface area contributed by atoms with Crippen LogP contribution in [0.1, 0.15) is 15.5 Å². The van der Waals surface area contributed by atoms with Crippen LogP contribution in [0.15, 0.2) is 60.7 Å². The summed E-state index contributed by atoms with van der Waals surface area (Å²) in [5.74, 6) is 0.195. The van der Waals surface area contributed by atoms with Gasteiger partial charge in [0.25, 0.3) is 0 Å². The second-order valence-corrected chi connectivity index (χ2v) is 6.73. The highest BCUT2D eigenvalue weighted by Gasteiger charge is 2.13. The van der Waals surface area contributed by atoms with E-state index in [2.05, 4.69) is 20.3 Å². The van der Waals surface area contributed by atoms with E-state index in [-0.39, 0.29) is 18.4 Å². The molecule has 0 fully saturated rings. The highest BCUT2D eigenvalue weighted by molar-refractivity contribution is 7.20. The number of hydrogen-bond acceptors (Lipinski definition) is 8. The molecule has 8 heteroatoms. The molecule has 0 bridgehead atoms. The molecule has 2 aromatic heterocycles. The summed E-state index contributed by atoms with van der Waals surface area (Å²) in [4.78, 5) is 25.2. The SMILES string of the molecule is Nc1nc(COC(=O)c2cc3ccccc3s2)nc(Nc2ccccc2)n1. The van der Waals surface area contributed by atoms with Crippen LogP contribution in [0, 0.1) is 0 Å². The van der Waals surface area contributed by atoms with Crippen molar-refractivity contribution in [1.29, 1.82) is 0 Å². The first-order valence-electron chi connectivity index (χ1n) is 8.15. The Balaban J connectivity index is 1.46. The molecular weight excluding hydrogens is 362 g/mol. The molecule has 0 aliphatic rings. The average molecular weight is 377 g/mol. The van der Waals surface area contributed by atoms with Crippen LogP contribution < -0.4 is 11.1 Å². The molecule has 3 N–H and O–H groups in total. The predicted octanol–water partition coefficient (Wildman–Crippen LogP) is 3.77. The molecule has 0 atom stereocenters. The van der Waals surface area contributed by atoms with E-state index in [0.717, 1.165) is 15.8 Å². The molecule has 7 nitrogen and oxygen atoms in total. The normalized spacial score (nSPS) is 10.7. The van der Waals surface area contributed by atoms with Crippen LogP contribution in [0.2, 0.25) is 0 Å². The van der Waals surface area contributed by atoms with Crippen molar-refractivity contribution in [1.82, 2.24) is 15.0 Å². The molecule has 0 spiro atoms. The van der Waals surface area contributed by atoms with Crippen molar-refractivity contribution >= 4 is 45.0 Å². The lowest BCUT2D eigenvalue weighted by Gasteiger charge is -2.07. The number of para-hydroxylation sites is 1. The molecule has 0 saturated heterocycles. The van der Waals surface area contributed by atoms with Crippen molar-refractivity contribution in [2.24, 2.45) is 0 Å². The zero-order valence-electron chi connectivity index (χ0n) is 14.1. The van der Waals surface area contributed by atoms with Gasteiger partial charge in [-0.25, -0.2) is 4.79 Å². The van der Waals surface area contributed by atoms with Crippen LogP contribution in [0.4, 0.5) is 17.6 Å². The quantitative estimate of drug-likeness (QED) is 0.510. The molecule has 0 radical (unpaired) electrons. The van der Waals surface area contributed by atoms with Gasteiger partial charge in [-0.05, 0) is 29.7 Å². The number of nitrogens with zero attached hydrogens (tertiary/aromatic N) is 3. The summed E-state index contributed by atoms with van der Waals surface area (Å²) in [6.45, 7) is -0.0940. The number of anilines is 3. The second-order valence-electron chi connectivity index (χ2n) is 5.65. The Morgan fingerprint density at radius 2 is 1.81 bits per heavy atom. The highest BCUT2D eigenvalue weighted by atomic mass is 32.1. The lowest BCUT2D eigenvalue weighted by molar-refractivity contribution is 0.0468. The maximum atomic E-state index is 12.3. The maximum Gasteiger partial charge on any atom is 0.348 e. The van der Waals surface area contributed by atoms with E-state index in [1.54, 1.807) is 0 Å². The number of nitrogen functional groups attached to an aromatic ring is 1. The summed E-state index contributed by atoms with van der Waals surface area (Å²) < 4.78 is 6.37. The van der Waals surface area contributed by atoms with E-state index in [1.165, 1.54) is 11.3 Å². The third-order valence-electron chi connectivity index (χ3n) is 3.69. The second kappa shape index (κ2) is 7.38. The van der Waals surface area contributed by atoms with Crippen LogP contribution in [0.25, 0.3) is 10.1 Å². The molecular formula is C19H15N5O2S. The Bertz CT molecular complexity index is 1060. The van der Waals surface area contributed by atoms with E-state index >= 15 is 0 Å². The molecule has 0 aliphatic heterocycles. The largest absolute Gasteiger partial charge is 0.453 e. The first kappa shape index (κ1) is 16.9. The van der Waals surface area contributed by atoms with Gasteiger partial charge < -0.3 is 15.8 Å². The third-order valence-corrected chi connectivity index (χ3v) is 4.78. The molecule has 134 valence electrons. The Morgan fingerprint density at radius 3 is 2.63 bits per heavy atom. The van der Waals surface area contributed by atoms with Crippen LogP contribution in [0.5, 0.6) is 0 Å². The van der Waals surface area contributed by atoms with Gasteiger partial charge in [0.05, 0.1) is 0 Å². The first-order chi connectivity index (χ1) is 13.2. The van der Waals surface area contributed by atoms with E-state index in [1.807, 2.05) is 60.7 Å². The Hall–Kier alpha value is -3.52. The summed E-state index contributed by atoms with van der Waals surface area (Å²) in [6.07, 6.45) is 0. The zero-order chi connectivity index (χ0) is 18.6. The minimum atomic E-state index is -0.423. The number of carbonyl (C=O) groups excluding carboxylic acids is 1. The number of nitrogens with one attached hydrogen (secondary N) is 1. The zero-order valence-corrected chi connectivity index (χ0v) is 14.9. The Labute approximate surface area is 158 Å². The van der Waals surface area contributed by atoms with Gasteiger partial charge in [-0.1, -0.05) is 36.4 Å². The number of esters is 1. The predicted molar refractivity (Wildman–Crippen MR) is 105 cm³/mol. The lowest BCUT2D eigenvalue weighted by atomic mass is 10.2. The monoisotopic (exact) mass is 377 g/mol. The fraction of sp³-hybridized carbons (Fsp3) is 0.0526. The van der Waals surface area contributed by atoms with E-state index < -0.39 is 5.97 Å². The van der Waals surface area contributed by atoms with Gasteiger partial charge in [-0.15, -0.1) is 11.3 Å². The van der Waals surface area contributed by atoms with Crippen LogP contribution in [0.3, 0.4) is 0 Å². The van der Waals surface area contributed by atoms with Crippen molar-refractivity contribution in [2.75, 3.05) is 11.1 Å². The number of nitrogens with two attached hydrogens (primary N) is 1. The summed E-state index contributed by atoms with van der Waals surface area (Å²) in [7, 11) is 0. The van der Waals surface area contributed by atoms with Gasteiger partial charge in [0.1, 0.15) is 4.88 Å². The van der Waals surface area contributed by atoms with Crippen molar-refractivity contribution in [3.8, 4) is 0 Å². The van der Waals surface area contributed by atoms with E-state index in [4.69, 9.17) is 10.5 Å². The topological polar surface area (TPSA) is 103 Å². The Kier molecular flexibility index (Phi) is 4.63. The molecule has 27 heavy (non-hydrogen) atoms. The molecule has 0 saturated carbocycles. The van der Waals surface area contributed by atoms with Gasteiger partial charge in [0.15, 0.2) is 12.4 Å². The van der Waals surface area contributed by atoms with Gasteiger partial charge in [-0.3, -0.25) is 0 Å². The fourth-order valence-electron chi connectivity index (χ4n) is 2.49. The number of benzene rings is 2. The van der Waals surface area contributed by atoms with Crippen molar-refractivity contribution in [3.05, 3.63) is 71.4 Å². The molecule has 4 aromatic rings. The number of carbonyl (C=O) groups is 1. The minimum Gasteiger partial charge on any atom is -0.453 e. The van der Waals surface area contributed by atoms with Crippen LogP contribution in [-0.2, 0) is 11.3 Å². The number of rotatable bonds is 5. The number of fused-ring (bicyclic) bond motifs is 1. The fourth-order valence-corrected chi connectivity index (χ4v) is 3.45. The molecule has 2 heterocycles. The summed E-state index contributed by atoms with van der Waals surface area (Å²) in [5, 5.41) is 4.05. The standard InChI is InChI=1S/C19H15N5O2S/c20-18-22-16(23-19(24-18)21-13-7-2-1-3-8-13)11-26-17(25)15-10-12-6-4-5-9-14(12)27-15/h1-10H,11H2,(H3,20,21,22,23,24). The van der Waals surface area contributed by atoms with E-state index in [9.17, 15) is 4.79 Å². The van der Waals surface area contributed by atoms with Crippen molar-refractivity contribution in [3.63, 3.8) is 0 Å². The molecule has 0 aliphatic carbocycles. The first-order valence-corrected chi connectivity index (χ1v) is 8.97. The average Bonchev–Trinajstić information content (AvgIpc) is 3.11. The van der Waals surface area contributed by atoms with Crippen LogP contribution in [-0.4, -0.2) is 20.9 Å². The molecule has 4 rings (SSSR count). The number of hydrogen-bond donors (Lipinski definition) is 2. The maximum absolute atomic E-state index is 12.3. The molecule has 0 unspecified atom stereocenters. The summed E-state index contributed by atoms with van der Waals surface area (Å²) >= 11 is 1.38. The third kappa shape index (κ3) is 4.01. The summed E-state index contributed by atoms with van der Waals surface area (Å²) in [5.41, 5.74) is 6.56. The molecule has 2 aromatic carbocycles.